The van der Waals surface area contributed by atoms with E-state index in [0.717, 1.165) is 11.1 Å². The van der Waals surface area contributed by atoms with Crippen molar-refractivity contribution in [2.24, 2.45) is 5.92 Å². The van der Waals surface area contributed by atoms with Crippen molar-refractivity contribution in [3.8, 4) is 0 Å². The first-order chi connectivity index (χ1) is 13.3. The summed E-state index contributed by atoms with van der Waals surface area (Å²) in [6.45, 7) is 11.4. The monoisotopic (exact) mass is 444 g/mol. The SMILES string of the molecule is Cc1cc(C)c(C)c(S(=O)(=O)NCCC(=O)N2CC(S(=O)(=O)CC(C)C)C2)c1C. The molecule has 1 aliphatic heterocycles. The predicted molar refractivity (Wildman–Crippen MR) is 114 cm³/mol. The molecule has 1 heterocycles. The number of hydrogen-bond acceptors (Lipinski definition) is 5. The van der Waals surface area contributed by atoms with Gasteiger partial charge >= 0.3 is 0 Å². The predicted octanol–water partition coefficient (Wildman–Crippen LogP) is 1.87. The van der Waals surface area contributed by atoms with Gasteiger partial charge in [-0.15, -0.1) is 0 Å². The van der Waals surface area contributed by atoms with Gasteiger partial charge in [0.05, 0.1) is 15.9 Å². The standard InChI is InChI=1S/C20H32N2O5S2/c1-13(2)12-28(24,25)18-10-22(11-18)19(23)7-8-21-29(26,27)20-16(5)14(3)9-15(4)17(20)6/h9,13,18,21H,7-8,10-12H2,1-6H3. The number of carbonyl (C=O) groups excluding carboxylic acids is 1. The van der Waals surface area contributed by atoms with Crippen molar-refractivity contribution < 1.29 is 21.6 Å². The summed E-state index contributed by atoms with van der Waals surface area (Å²) in [4.78, 5) is 14.0. The van der Waals surface area contributed by atoms with Crippen molar-refractivity contribution in [3.63, 3.8) is 0 Å². The molecule has 1 aliphatic rings. The highest BCUT2D eigenvalue weighted by Crippen LogP contribution is 2.26. The molecule has 0 bridgehead atoms. The van der Waals surface area contributed by atoms with Gasteiger partial charge in [0.2, 0.25) is 15.9 Å². The molecule has 1 fully saturated rings. The summed E-state index contributed by atoms with van der Waals surface area (Å²) in [6.07, 6.45) is -0.000921. The van der Waals surface area contributed by atoms with Gasteiger partial charge in [-0.05, 0) is 55.9 Å². The minimum Gasteiger partial charge on any atom is -0.340 e. The van der Waals surface area contributed by atoms with Gasteiger partial charge in [-0.25, -0.2) is 21.6 Å². The number of nitrogens with zero attached hydrogens (tertiary/aromatic N) is 1. The number of aryl methyl sites for hydroxylation is 2. The Labute approximate surface area is 174 Å². The summed E-state index contributed by atoms with van der Waals surface area (Å²) >= 11 is 0. The molecule has 0 spiro atoms. The summed E-state index contributed by atoms with van der Waals surface area (Å²) in [5.41, 5.74) is 3.21. The molecule has 1 aromatic rings. The third-order valence-electron chi connectivity index (χ3n) is 5.47. The third-order valence-corrected chi connectivity index (χ3v) is 9.65. The molecule has 164 valence electrons. The van der Waals surface area contributed by atoms with E-state index in [2.05, 4.69) is 4.72 Å². The Morgan fingerprint density at radius 2 is 1.59 bits per heavy atom. The highest BCUT2D eigenvalue weighted by atomic mass is 32.2. The van der Waals surface area contributed by atoms with E-state index in [0.29, 0.717) is 11.1 Å². The Kier molecular flexibility index (Phi) is 7.17. The van der Waals surface area contributed by atoms with Gasteiger partial charge in [-0.2, -0.15) is 0 Å². The molecule has 2 rings (SSSR count). The second-order valence-corrected chi connectivity index (χ2v) is 12.4. The van der Waals surface area contributed by atoms with Crippen molar-refractivity contribution >= 4 is 25.8 Å². The number of rotatable bonds is 8. The molecule has 1 aromatic carbocycles. The Bertz CT molecular complexity index is 966. The lowest BCUT2D eigenvalue weighted by molar-refractivity contribution is -0.134. The number of amides is 1. The van der Waals surface area contributed by atoms with Crippen LogP contribution in [0, 0.1) is 33.6 Å². The molecular weight excluding hydrogens is 412 g/mol. The second-order valence-electron chi connectivity index (χ2n) is 8.38. The molecule has 1 N–H and O–H groups in total. The summed E-state index contributed by atoms with van der Waals surface area (Å²) in [5.74, 6) is -0.0671. The number of carbonyl (C=O) groups is 1. The second kappa shape index (κ2) is 8.73. The Morgan fingerprint density at radius 1 is 1.07 bits per heavy atom. The van der Waals surface area contributed by atoms with E-state index >= 15 is 0 Å². The van der Waals surface area contributed by atoms with Crippen LogP contribution in [-0.4, -0.2) is 58.3 Å². The molecule has 0 aliphatic carbocycles. The van der Waals surface area contributed by atoms with Gasteiger partial charge in [0.15, 0.2) is 9.84 Å². The average Bonchev–Trinajstić information content (AvgIpc) is 2.49. The van der Waals surface area contributed by atoms with E-state index in [-0.39, 0.29) is 48.5 Å². The number of sulfonamides is 1. The molecule has 0 atom stereocenters. The highest BCUT2D eigenvalue weighted by molar-refractivity contribution is 7.92. The first-order valence-electron chi connectivity index (χ1n) is 9.82. The number of likely N-dealkylation sites (tertiary alicyclic amines) is 1. The maximum absolute atomic E-state index is 12.8. The molecule has 1 amide bonds. The van der Waals surface area contributed by atoms with Crippen LogP contribution >= 0.6 is 0 Å². The van der Waals surface area contributed by atoms with E-state index in [9.17, 15) is 21.6 Å². The highest BCUT2D eigenvalue weighted by Gasteiger charge is 2.39. The summed E-state index contributed by atoms with van der Waals surface area (Å²) in [5, 5.41) is -0.508. The van der Waals surface area contributed by atoms with Crippen molar-refractivity contribution in [3.05, 3.63) is 28.3 Å². The number of sulfone groups is 1. The van der Waals surface area contributed by atoms with E-state index < -0.39 is 25.1 Å². The normalized spacial score (nSPS) is 15.6. The van der Waals surface area contributed by atoms with Gasteiger partial charge in [0.1, 0.15) is 0 Å². The van der Waals surface area contributed by atoms with Crippen molar-refractivity contribution in [1.29, 1.82) is 0 Å². The Balaban J connectivity index is 1.94. The minimum absolute atomic E-state index is 0.000921. The van der Waals surface area contributed by atoms with Gasteiger partial charge in [0, 0.05) is 26.1 Å². The lowest BCUT2D eigenvalue weighted by Gasteiger charge is -2.39. The van der Waals surface area contributed by atoms with Gasteiger partial charge in [-0.1, -0.05) is 19.9 Å². The molecule has 7 nitrogen and oxygen atoms in total. The smallest absolute Gasteiger partial charge is 0.241 e. The van der Waals surface area contributed by atoms with Crippen LogP contribution in [0.1, 0.15) is 42.5 Å². The van der Waals surface area contributed by atoms with Crippen molar-refractivity contribution in [2.45, 2.75) is 58.1 Å². The lowest BCUT2D eigenvalue weighted by atomic mass is 10.0. The fourth-order valence-electron chi connectivity index (χ4n) is 3.58. The molecular formula is C20H32N2O5S2. The zero-order valence-electron chi connectivity index (χ0n) is 18.1. The summed E-state index contributed by atoms with van der Waals surface area (Å²) in [7, 11) is -6.93. The van der Waals surface area contributed by atoms with Crippen LogP contribution in [0.4, 0.5) is 0 Å². The van der Waals surface area contributed by atoms with E-state index in [1.54, 1.807) is 13.8 Å². The van der Waals surface area contributed by atoms with Gasteiger partial charge in [0.25, 0.3) is 0 Å². The molecule has 0 unspecified atom stereocenters. The van der Waals surface area contributed by atoms with Gasteiger partial charge < -0.3 is 4.90 Å². The van der Waals surface area contributed by atoms with Gasteiger partial charge in [-0.3, -0.25) is 4.79 Å². The van der Waals surface area contributed by atoms with Crippen LogP contribution in [0.15, 0.2) is 11.0 Å². The van der Waals surface area contributed by atoms with E-state index in [1.165, 1.54) is 4.90 Å². The summed E-state index contributed by atoms with van der Waals surface area (Å²) in [6, 6.07) is 1.96. The number of nitrogens with one attached hydrogen (secondary N) is 1. The van der Waals surface area contributed by atoms with E-state index in [1.807, 2.05) is 33.8 Å². The fourth-order valence-corrected chi connectivity index (χ4v) is 7.23. The van der Waals surface area contributed by atoms with Crippen molar-refractivity contribution in [1.82, 2.24) is 9.62 Å². The lowest BCUT2D eigenvalue weighted by Crippen LogP contribution is -2.57. The third kappa shape index (κ3) is 5.38. The summed E-state index contributed by atoms with van der Waals surface area (Å²) < 4.78 is 52.5. The van der Waals surface area contributed by atoms with Crippen LogP contribution < -0.4 is 4.72 Å². The number of hydrogen-bond donors (Lipinski definition) is 1. The van der Waals surface area contributed by atoms with Crippen LogP contribution in [0.3, 0.4) is 0 Å². The zero-order chi connectivity index (χ0) is 22.1. The number of benzene rings is 1. The average molecular weight is 445 g/mol. The molecule has 1 saturated heterocycles. The fraction of sp³-hybridized carbons (Fsp3) is 0.650. The Morgan fingerprint density at radius 3 is 2.07 bits per heavy atom. The molecule has 0 aromatic heterocycles. The molecule has 0 saturated carbocycles. The first kappa shape index (κ1) is 23.8. The molecule has 29 heavy (non-hydrogen) atoms. The van der Waals surface area contributed by atoms with Crippen molar-refractivity contribution in [2.75, 3.05) is 25.4 Å². The largest absolute Gasteiger partial charge is 0.340 e. The zero-order valence-corrected chi connectivity index (χ0v) is 19.7. The molecule has 9 heteroatoms. The Hall–Kier alpha value is -1.45. The van der Waals surface area contributed by atoms with Crippen LogP contribution in [-0.2, 0) is 24.7 Å². The maximum atomic E-state index is 12.8. The van der Waals surface area contributed by atoms with Crippen LogP contribution in [0.2, 0.25) is 0 Å². The van der Waals surface area contributed by atoms with Crippen LogP contribution in [0.5, 0.6) is 0 Å². The topological polar surface area (TPSA) is 101 Å². The molecule has 0 radical (unpaired) electrons. The minimum atomic E-state index is -3.74. The van der Waals surface area contributed by atoms with E-state index in [4.69, 9.17) is 0 Å². The first-order valence-corrected chi connectivity index (χ1v) is 13.0. The maximum Gasteiger partial charge on any atom is 0.241 e. The quantitative estimate of drug-likeness (QED) is 0.660. The van der Waals surface area contributed by atoms with Crippen LogP contribution in [0.25, 0.3) is 0 Å².